The number of benzene rings is 1. The van der Waals surface area contributed by atoms with Gasteiger partial charge < -0.3 is 10.6 Å². The van der Waals surface area contributed by atoms with Gasteiger partial charge in [0.2, 0.25) is 0 Å². The molecule has 2 aromatic rings. The molecule has 2 amide bonds. The molecule has 0 aliphatic carbocycles. The first-order chi connectivity index (χ1) is 12.1. The van der Waals surface area contributed by atoms with Crippen LogP contribution in [-0.2, 0) is 13.1 Å². The number of hydrogen-bond acceptors (Lipinski definition) is 4. The number of likely N-dealkylation sites (tertiary alicyclic amines) is 1. The third-order valence-electron chi connectivity index (χ3n) is 4.56. The number of urea groups is 1. The highest BCUT2D eigenvalue weighted by molar-refractivity contribution is 5.74. The highest BCUT2D eigenvalue weighted by Crippen LogP contribution is 2.18. The van der Waals surface area contributed by atoms with Gasteiger partial charge in [0, 0.05) is 31.7 Å². The van der Waals surface area contributed by atoms with Crippen LogP contribution in [0.15, 0.2) is 43.0 Å². The molecule has 1 aliphatic rings. The Morgan fingerprint density at radius 1 is 1.32 bits per heavy atom. The molecule has 0 radical (unpaired) electrons. The van der Waals surface area contributed by atoms with Crippen LogP contribution < -0.4 is 10.6 Å². The third kappa shape index (κ3) is 5.03. The number of carbonyl (C=O) groups is 1. The number of nitrogens with one attached hydrogen (secondary N) is 2. The predicted octanol–water partition coefficient (Wildman–Crippen LogP) is 1.49. The Morgan fingerprint density at radius 2 is 2.12 bits per heavy atom. The fraction of sp³-hybridized carbons (Fsp3) is 0.500. The Kier molecular flexibility index (Phi) is 5.65. The van der Waals surface area contributed by atoms with Crippen LogP contribution in [0.3, 0.4) is 0 Å². The second-order valence-corrected chi connectivity index (χ2v) is 6.90. The predicted molar refractivity (Wildman–Crippen MR) is 95.8 cm³/mol. The SMILES string of the molecule is C[C@H](Cn1cncn1)NC(=O)N[C@@H]1CN(Cc2ccccc2)C[C@H]1C. The van der Waals surface area contributed by atoms with Gasteiger partial charge in [-0.15, -0.1) is 0 Å². The molecule has 3 atom stereocenters. The van der Waals surface area contributed by atoms with Crippen molar-refractivity contribution in [3.8, 4) is 0 Å². The molecule has 1 aromatic heterocycles. The maximum atomic E-state index is 12.3. The second-order valence-electron chi connectivity index (χ2n) is 6.90. The molecule has 25 heavy (non-hydrogen) atoms. The molecule has 0 bridgehead atoms. The Hall–Kier alpha value is -2.41. The van der Waals surface area contributed by atoms with Crippen molar-refractivity contribution in [1.29, 1.82) is 0 Å². The normalized spacial score (nSPS) is 21.8. The molecule has 1 aliphatic heterocycles. The van der Waals surface area contributed by atoms with Gasteiger partial charge in [0.1, 0.15) is 12.7 Å². The zero-order chi connectivity index (χ0) is 17.6. The van der Waals surface area contributed by atoms with Crippen molar-refractivity contribution in [2.75, 3.05) is 13.1 Å². The number of nitrogens with zero attached hydrogens (tertiary/aromatic N) is 4. The van der Waals surface area contributed by atoms with E-state index in [-0.39, 0.29) is 18.1 Å². The van der Waals surface area contributed by atoms with Crippen molar-refractivity contribution < 1.29 is 4.79 Å². The van der Waals surface area contributed by atoms with Gasteiger partial charge in [0.15, 0.2) is 0 Å². The van der Waals surface area contributed by atoms with E-state index in [1.165, 1.54) is 11.9 Å². The van der Waals surface area contributed by atoms with Crippen LogP contribution in [0.2, 0.25) is 0 Å². The Morgan fingerprint density at radius 3 is 2.84 bits per heavy atom. The van der Waals surface area contributed by atoms with Crippen molar-refractivity contribution in [2.45, 2.75) is 39.0 Å². The molecule has 2 N–H and O–H groups in total. The van der Waals surface area contributed by atoms with Gasteiger partial charge in [0.25, 0.3) is 0 Å². The van der Waals surface area contributed by atoms with Gasteiger partial charge >= 0.3 is 6.03 Å². The Labute approximate surface area is 148 Å². The van der Waals surface area contributed by atoms with Crippen molar-refractivity contribution in [1.82, 2.24) is 30.3 Å². The minimum Gasteiger partial charge on any atom is -0.334 e. The molecule has 134 valence electrons. The van der Waals surface area contributed by atoms with Crippen LogP contribution in [0.25, 0.3) is 0 Å². The van der Waals surface area contributed by atoms with Crippen LogP contribution in [-0.4, -0.2) is 50.9 Å². The highest BCUT2D eigenvalue weighted by Gasteiger charge is 2.30. The minimum atomic E-state index is -0.119. The van der Waals surface area contributed by atoms with E-state index in [4.69, 9.17) is 0 Å². The van der Waals surface area contributed by atoms with Crippen molar-refractivity contribution in [2.24, 2.45) is 5.92 Å². The van der Waals surface area contributed by atoms with Gasteiger partial charge in [-0.25, -0.2) is 9.78 Å². The van der Waals surface area contributed by atoms with Crippen LogP contribution >= 0.6 is 0 Å². The molecule has 3 rings (SSSR count). The van der Waals surface area contributed by atoms with Gasteiger partial charge in [-0.1, -0.05) is 37.3 Å². The summed E-state index contributed by atoms with van der Waals surface area (Å²) >= 11 is 0. The lowest BCUT2D eigenvalue weighted by Crippen LogP contribution is -2.48. The maximum Gasteiger partial charge on any atom is 0.315 e. The van der Waals surface area contributed by atoms with E-state index in [9.17, 15) is 4.79 Å². The van der Waals surface area contributed by atoms with E-state index in [1.54, 1.807) is 11.0 Å². The summed E-state index contributed by atoms with van der Waals surface area (Å²) < 4.78 is 1.71. The number of rotatable bonds is 6. The van der Waals surface area contributed by atoms with Gasteiger partial charge in [-0.3, -0.25) is 9.58 Å². The highest BCUT2D eigenvalue weighted by atomic mass is 16.2. The van der Waals surface area contributed by atoms with E-state index >= 15 is 0 Å². The average Bonchev–Trinajstić information content (AvgIpc) is 3.18. The summed E-state index contributed by atoms with van der Waals surface area (Å²) in [5, 5.41) is 10.1. The standard InChI is InChI=1S/C18H26N6O/c1-14-8-23(10-16-6-4-3-5-7-16)11-17(14)22-18(25)21-15(2)9-24-13-19-12-20-24/h3-7,12-15,17H,8-11H2,1-2H3,(H2,21,22,25)/t14-,15-,17-/m1/s1. The average molecular weight is 342 g/mol. The van der Waals surface area contributed by atoms with E-state index < -0.39 is 0 Å². The quantitative estimate of drug-likeness (QED) is 0.834. The lowest BCUT2D eigenvalue weighted by atomic mass is 10.1. The number of carbonyl (C=O) groups excluding carboxylic acids is 1. The lowest BCUT2D eigenvalue weighted by molar-refractivity contribution is 0.230. The summed E-state index contributed by atoms with van der Waals surface area (Å²) in [7, 11) is 0. The summed E-state index contributed by atoms with van der Waals surface area (Å²) in [6.07, 6.45) is 3.14. The molecule has 1 fully saturated rings. The third-order valence-corrected chi connectivity index (χ3v) is 4.56. The first kappa shape index (κ1) is 17.4. The summed E-state index contributed by atoms with van der Waals surface area (Å²) in [4.78, 5) is 18.6. The van der Waals surface area contributed by atoms with E-state index in [1.807, 2.05) is 13.0 Å². The molecule has 1 aromatic carbocycles. The van der Waals surface area contributed by atoms with Crippen molar-refractivity contribution in [3.63, 3.8) is 0 Å². The Balaban J connectivity index is 1.45. The van der Waals surface area contributed by atoms with Gasteiger partial charge in [0.05, 0.1) is 6.54 Å². The van der Waals surface area contributed by atoms with E-state index in [0.717, 1.165) is 19.6 Å². The van der Waals surface area contributed by atoms with E-state index in [0.29, 0.717) is 12.5 Å². The van der Waals surface area contributed by atoms with Crippen molar-refractivity contribution >= 4 is 6.03 Å². The summed E-state index contributed by atoms with van der Waals surface area (Å²) in [5.74, 6) is 0.431. The number of amides is 2. The zero-order valence-corrected chi connectivity index (χ0v) is 14.8. The van der Waals surface area contributed by atoms with Gasteiger partial charge in [-0.2, -0.15) is 5.10 Å². The molecule has 0 spiro atoms. The smallest absolute Gasteiger partial charge is 0.315 e. The fourth-order valence-electron chi connectivity index (χ4n) is 3.31. The molecule has 7 heteroatoms. The lowest BCUT2D eigenvalue weighted by Gasteiger charge is -2.20. The molecule has 2 heterocycles. The molecule has 1 saturated heterocycles. The number of hydrogen-bond donors (Lipinski definition) is 2. The fourth-order valence-corrected chi connectivity index (χ4v) is 3.31. The van der Waals surface area contributed by atoms with Crippen molar-refractivity contribution in [3.05, 3.63) is 48.5 Å². The monoisotopic (exact) mass is 342 g/mol. The second kappa shape index (κ2) is 8.11. The molecule has 7 nitrogen and oxygen atoms in total. The van der Waals surface area contributed by atoms with Crippen LogP contribution in [0.5, 0.6) is 0 Å². The van der Waals surface area contributed by atoms with Gasteiger partial charge in [-0.05, 0) is 18.4 Å². The zero-order valence-electron chi connectivity index (χ0n) is 14.8. The Bertz CT molecular complexity index is 659. The van der Waals surface area contributed by atoms with Crippen LogP contribution in [0.1, 0.15) is 19.4 Å². The maximum absolute atomic E-state index is 12.3. The van der Waals surface area contributed by atoms with Crippen LogP contribution in [0.4, 0.5) is 4.79 Å². The van der Waals surface area contributed by atoms with Crippen LogP contribution in [0, 0.1) is 5.92 Å². The molecular formula is C18H26N6O. The topological polar surface area (TPSA) is 75.1 Å². The van der Waals surface area contributed by atoms with E-state index in [2.05, 4.69) is 56.8 Å². The molecule has 0 saturated carbocycles. The largest absolute Gasteiger partial charge is 0.334 e. The summed E-state index contributed by atoms with van der Waals surface area (Å²) in [6, 6.07) is 10.5. The minimum absolute atomic E-state index is 0.0150. The first-order valence-corrected chi connectivity index (χ1v) is 8.76. The molecule has 0 unspecified atom stereocenters. The number of aromatic nitrogens is 3. The molecular weight excluding hydrogens is 316 g/mol. The summed E-state index contributed by atoms with van der Waals surface area (Å²) in [5.41, 5.74) is 1.31. The summed E-state index contributed by atoms with van der Waals surface area (Å²) in [6.45, 7) is 7.55. The first-order valence-electron chi connectivity index (χ1n) is 8.76.